The van der Waals surface area contributed by atoms with Crippen LogP contribution in [0.5, 0.6) is 11.5 Å². The molecule has 0 bridgehead atoms. The predicted molar refractivity (Wildman–Crippen MR) is 55.7 cm³/mol. The summed E-state index contributed by atoms with van der Waals surface area (Å²) in [5.74, 6) is -2.58. The Hall–Kier alpha value is -2.18. The highest BCUT2D eigenvalue weighted by atomic mass is 19.4. The zero-order valence-corrected chi connectivity index (χ0v) is 9.21. The molecule has 100 valence electrons. The largest absolute Gasteiger partial charge is 0.456 e. The summed E-state index contributed by atoms with van der Waals surface area (Å²) in [6.45, 7) is 0. The molecule has 1 heterocycles. The predicted octanol–water partition coefficient (Wildman–Crippen LogP) is 4.17. The molecular weight excluding hydrogens is 269 g/mol. The summed E-state index contributed by atoms with van der Waals surface area (Å²) in [5, 5.41) is 0. The summed E-state index contributed by atoms with van der Waals surface area (Å²) < 4.78 is 67.8. The van der Waals surface area contributed by atoms with Crippen molar-refractivity contribution in [1.29, 1.82) is 0 Å². The minimum atomic E-state index is -4.56. The average Bonchev–Trinajstić information content (AvgIpc) is 2.33. The Morgan fingerprint density at radius 2 is 1.63 bits per heavy atom. The van der Waals surface area contributed by atoms with Crippen LogP contribution in [0.1, 0.15) is 5.56 Å². The lowest BCUT2D eigenvalue weighted by Crippen LogP contribution is -2.05. The van der Waals surface area contributed by atoms with Gasteiger partial charge in [0.05, 0.1) is 11.8 Å². The highest BCUT2D eigenvalue weighted by molar-refractivity contribution is 5.32. The molecule has 0 aliphatic rings. The van der Waals surface area contributed by atoms with Crippen molar-refractivity contribution in [2.24, 2.45) is 0 Å². The fourth-order valence-electron chi connectivity index (χ4n) is 1.31. The summed E-state index contributed by atoms with van der Waals surface area (Å²) in [4.78, 5) is 3.37. The fraction of sp³-hybridized carbons (Fsp3) is 0.0833. The molecule has 2 aromatic rings. The number of ether oxygens (including phenoxy) is 1. The molecular formula is C12H6F5NO. The molecule has 1 aromatic heterocycles. The molecule has 0 aliphatic carbocycles. The molecule has 0 radical (unpaired) electrons. The van der Waals surface area contributed by atoms with Crippen LogP contribution in [0, 0.1) is 11.6 Å². The topological polar surface area (TPSA) is 22.1 Å². The molecule has 0 saturated heterocycles. The number of benzene rings is 1. The van der Waals surface area contributed by atoms with Gasteiger partial charge in [-0.15, -0.1) is 0 Å². The van der Waals surface area contributed by atoms with Crippen LogP contribution in [0.25, 0.3) is 0 Å². The lowest BCUT2D eigenvalue weighted by atomic mass is 10.2. The fourth-order valence-corrected chi connectivity index (χ4v) is 1.31. The summed E-state index contributed by atoms with van der Waals surface area (Å²) in [5.41, 5.74) is -0.993. The van der Waals surface area contributed by atoms with Crippen LogP contribution in [-0.2, 0) is 6.18 Å². The van der Waals surface area contributed by atoms with Gasteiger partial charge in [0.25, 0.3) is 0 Å². The molecule has 0 saturated carbocycles. The lowest BCUT2D eigenvalue weighted by molar-refractivity contribution is -0.137. The van der Waals surface area contributed by atoms with Gasteiger partial charge in [-0.3, -0.25) is 4.98 Å². The van der Waals surface area contributed by atoms with Gasteiger partial charge in [0.1, 0.15) is 11.5 Å². The van der Waals surface area contributed by atoms with Gasteiger partial charge < -0.3 is 4.74 Å². The van der Waals surface area contributed by atoms with Gasteiger partial charge in [0.2, 0.25) is 0 Å². The van der Waals surface area contributed by atoms with E-state index < -0.39 is 23.4 Å². The summed E-state index contributed by atoms with van der Waals surface area (Å²) in [6.07, 6.45) is -2.88. The van der Waals surface area contributed by atoms with E-state index in [4.69, 9.17) is 4.74 Å². The van der Waals surface area contributed by atoms with Crippen LogP contribution in [-0.4, -0.2) is 4.98 Å². The van der Waals surface area contributed by atoms with Crippen LogP contribution < -0.4 is 4.74 Å². The number of aromatic nitrogens is 1. The van der Waals surface area contributed by atoms with E-state index in [0.717, 1.165) is 24.4 Å². The number of hydrogen-bond donors (Lipinski definition) is 0. The normalized spacial score (nSPS) is 11.4. The molecule has 0 amide bonds. The van der Waals surface area contributed by atoms with Crippen molar-refractivity contribution in [3.8, 4) is 11.5 Å². The van der Waals surface area contributed by atoms with Crippen molar-refractivity contribution in [3.05, 3.63) is 53.9 Å². The zero-order chi connectivity index (χ0) is 14.0. The highest BCUT2D eigenvalue weighted by Crippen LogP contribution is 2.32. The molecule has 7 heteroatoms. The Bertz CT molecular complexity index is 597. The Labute approximate surface area is 104 Å². The zero-order valence-electron chi connectivity index (χ0n) is 9.21. The van der Waals surface area contributed by atoms with Crippen molar-refractivity contribution in [2.45, 2.75) is 6.18 Å². The third kappa shape index (κ3) is 3.18. The SMILES string of the molecule is Fc1ccc(Oc2cncc(C(F)(F)F)c2)cc1F. The van der Waals surface area contributed by atoms with Gasteiger partial charge in [0, 0.05) is 12.3 Å². The first-order valence-corrected chi connectivity index (χ1v) is 5.01. The number of halogens is 5. The van der Waals surface area contributed by atoms with Gasteiger partial charge in [-0.2, -0.15) is 13.2 Å². The second kappa shape index (κ2) is 4.83. The first-order valence-electron chi connectivity index (χ1n) is 5.01. The van der Waals surface area contributed by atoms with Crippen molar-refractivity contribution in [1.82, 2.24) is 4.98 Å². The minimum absolute atomic E-state index is 0.125. The monoisotopic (exact) mass is 275 g/mol. The number of pyridine rings is 1. The summed E-state index contributed by atoms with van der Waals surface area (Å²) in [6, 6.07) is 3.36. The standard InChI is InChI=1S/C12H6F5NO/c13-10-2-1-8(4-11(10)14)19-9-3-7(5-18-6-9)12(15,16)17/h1-6H. The van der Waals surface area contributed by atoms with Crippen molar-refractivity contribution >= 4 is 0 Å². The first kappa shape index (κ1) is 13.3. The molecule has 0 N–H and O–H groups in total. The van der Waals surface area contributed by atoms with Crippen LogP contribution in [0.2, 0.25) is 0 Å². The van der Waals surface area contributed by atoms with Gasteiger partial charge >= 0.3 is 6.18 Å². The van der Waals surface area contributed by atoms with Crippen LogP contribution in [0.4, 0.5) is 22.0 Å². The van der Waals surface area contributed by atoms with Gasteiger partial charge in [0.15, 0.2) is 11.6 Å². The summed E-state index contributed by atoms with van der Waals surface area (Å²) >= 11 is 0. The molecule has 0 aliphatic heterocycles. The Balaban J connectivity index is 2.26. The van der Waals surface area contributed by atoms with Crippen LogP contribution in [0.3, 0.4) is 0 Å². The highest BCUT2D eigenvalue weighted by Gasteiger charge is 2.31. The number of rotatable bonds is 2. The van der Waals surface area contributed by atoms with Crippen molar-refractivity contribution in [2.75, 3.05) is 0 Å². The molecule has 2 rings (SSSR count). The third-order valence-electron chi connectivity index (χ3n) is 2.17. The van der Waals surface area contributed by atoms with Crippen molar-refractivity contribution in [3.63, 3.8) is 0 Å². The van der Waals surface area contributed by atoms with E-state index in [1.807, 2.05) is 0 Å². The third-order valence-corrected chi connectivity index (χ3v) is 2.17. The maximum atomic E-state index is 12.9. The summed E-state index contributed by atoms with van der Waals surface area (Å²) in [7, 11) is 0. The second-order valence-electron chi connectivity index (χ2n) is 3.59. The molecule has 19 heavy (non-hydrogen) atoms. The first-order chi connectivity index (χ1) is 8.86. The van der Waals surface area contributed by atoms with E-state index in [1.54, 1.807) is 0 Å². The Morgan fingerprint density at radius 3 is 2.26 bits per heavy atom. The molecule has 1 aromatic carbocycles. The molecule has 0 spiro atoms. The quantitative estimate of drug-likeness (QED) is 0.767. The van der Waals surface area contributed by atoms with Crippen LogP contribution >= 0.6 is 0 Å². The Morgan fingerprint density at radius 1 is 0.895 bits per heavy atom. The van der Waals surface area contributed by atoms with E-state index in [0.29, 0.717) is 12.3 Å². The molecule has 2 nitrogen and oxygen atoms in total. The van der Waals surface area contributed by atoms with E-state index >= 15 is 0 Å². The molecule has 0 atom stereocenters. The van der Waals surface area contributed by atoms with E-state index in [1.165, 1.54) is 0 Å². The smallest absolute Gasteiger partial charge is 0.418 e. The van der Waals surface area contributed by atoms with E-state index in [-0.39, 0.29) is 11.5 Å². The average molecular weight is 275 g/mol. The van der Waals surface area contributed by atoms with Gasteiger partial charge in [-0.05, 0) is 18.2 Å². The second-order valence-corrected chi connectivity index (χ2v) is 3.59. The molecule has 0 unspecified atom stereocenters. The van der Waals surface area contributed by atoms with Crippen LogP contribution in [0.15, 0.2) is 36.7 Å². The van der Waals surface area contributed by atoms with Crippen molar-refractivity contribution < 1.29 is 26.7 Å². The number of alkyl halides is 3. The number of hydrogen-bond acceptors (Lipinski definition) is 2. The van der Waals surface area contributed by atoms with Gasteiger partial charge in [-0.1, -0.05) is 0 Å². The Kier molecular flexibility index (Phi) is 3.37. The lowest BCUT2D eigenvalue weighted by Gasteiger charge is -2.09. The van der Waals surface area contributed by atoms with E-state index in [2.05, 4.69) is 4.98 Å². The van der Waals surface area contributed by atoms with E-state index in [9.17, 15) is 22.0 Å². The van der Waals surface area contributed by atoms with Gasteiger partial charge in [-0.25, -0.2) is 8.78 Å². The molecule has 0 fully saturated rings. The minimum Gasteiger partial charge on any atom is -0.456 e. The number of nitrogens with zero attached hydrogens (tertiary/aromatic N) is 1. The maximum Gasteiger partial charge on any atom is 0.418 e. The maximum absolute atomic E-state index is 12.9.